The molecule has 2 rings (SSSR count). The molecule has 0 aromatic heterocycles. The summed E-state index contributed by atoms with van der Waals surface area (Å²) in [7, 11) is -7.14. The van der Waals surface area contributed by atoms with Crippen LogP contribution in [-0.4, -0.2) is 39.8 Å². The number of benzene rings is 1. The van der Waals surface area contributed by atoms with Gasteiger partial charge in [-0.05, 0) is 18.4 Å². The van der Waals surface area contributed by atoms with Crippen molar-refractivity contribution in [2.45, 2.75) is 11.3 Å². The van der Waals surface area contributed by atoms with Gasteiger partial charge in [0.05, 0.1) is 16.4 Å². The van der Waals surface area contributed by atoms with Crippen molar-refractivity contribution in [2.24, 2.45) is 5.92 Å². The van der Waals surface area contributed by atoms with E-state index in [1.54, 1.807) is 0 Å². The van der Waals surface area contributed by atoms with Crippen LogP contribution in [0.3, 0.4) is 0 Å². The van der Waals surface area contributed by atoms with E-state index >= 15 is 0 Å². The van der Waals surface area contributed by atoms with Gasteiger partial charge in [0.15, 0.2) is 14.7 Å². The number of hydrogen-bond donors (Lipinski definition) is 1. The second-order valence-electron chi connectivity index (χ2n) is 4.85. The lowest BCUT2D eigenvalue weighted by Crippen LogP contribution is -2.30. The monoisotopic (exact) mass is 334 g/mol. The van der Waals surface area contributed by atoms with E-state index in [0.29, 0.717) is 6.42 Å². The Kier molecular flexibility index (Phi) is 4.30. The van der Waals surface area contributed by atoms with Gasteiger partial charge in [-0.3, -0.25) is 10.1 Å². The number of nitro groups is 1. The zero-order valence-corrected chi connectivity index (χ0v) is 12.6. The van der Waals surface area contributed by atoms with Crippen molar-refractivity contribution in [3.63, 3.8) is 0 Å². The first kappa shape index (κ1) is 15.9. The minimum Gasteiger partial charge on any atom is -0.258 e. The van der Waals surface area contributed by atoms with Crippen LogP contribution in [-0.2, 0) is 19.9 Å². The Morgan fingerprint density at radius 1 is 1.33 bits per heavy atom. The van der Waals surface area contributed by atoms with Gasteiger partial charge in [-0.15, -0.1) is 0 Å². The van der Waals surface area contributed by atoms with Gasteiger partial charge in [-0.1, -0.05) is 12.1 Å². The molecule has 1 N–H and O–H groups in total. The number of sulfonamides is 1. The third kappa shape index (κ3) is 3.77. The summed E-state index contributed by atoms with van der Waals surface area (Å²) in [5.41, 5.74) is -0.510. The fraction of sp³-hybridized carbons (Fsp3) is 0.455. The molecular weight excluding hydrogens is 320 g/mol. The number of rotatable bonds is 5. The van der Waals surface area contributed by atoms with Gasteiger partial charge in [-0.25, -0.2) is 21.6 Å². The lowest BCUT2D eigenvalue weighted by Gasteiger charge is -2.10. The second-order valence-corrected chi connectivity index (χ2v) is 8.81. The smallest absolute Gasteiger partial charge is 0.258 e. The molecule has 1 aromatic rings. The van der Waals surface area contributed by atoms with E-state index in [1.807, 2.05) is 0 Å². The summed E-state index contributed by atoms with van der Waals surface area (Å²) in [5.74, 6) is -0.315. The molecule has 1 heterocycles. The highest BCUT2D eigenvalue weighted by Gasteiger charge is 2.30. The molecule has 1 fully saturated rings. The van der Waals surface area contributed by atoms with E-state index in [1.165, 1.54) is 12.1 Å². The van der Waals surface area contributed by atoms with Crippen molar-refractivity contribution in [3.05, 3.63) is 34.4 Å². The van der Waals surface area contributed by atoms with E-state index in [2.05, 4.69) is 4.72 Å². The predicted octanol–water partition coefficient (Wildman–Crippen LogP) is 0.308. The Bertz CT molecular complexity index is 757. The van der Waals surface area contributed by atoms with Crippen LogP contribution in [0.5, 0.6) is 0 Å². The van der Waals surface area contributed by atoms with Crippen molar-refractivity contribution < 1.29 is 21.8 Å². The maximum Gasteiger partial charge on any atom is 0.289 e. The first-order valence-electron chi connectivity index (χ1n) is 6.15. The van der Waals surface area contributed by atoms with Crippen LogP contribution >= 0.6 is 0 Å². The Morgan fingerprint density at radius 2 is 2.00 bits per heavy atom. The number of nitrogens with zero attached hydrogens (tertiary/aromatic N) is 1. The summed E-state index contributed by atoms with van der Waals surface area (Å²) in [4.78, 5) is 9.66. The fourth-order valence-corrected chi connectivity index (χ4v) is 5.32. The van der Waals surface area contributed by atoms with Crippen LogP contribution < -0.4 is 4.72 Å². The number of hydrogen-bond acceptors (Lipinski definition) is 6. The van der Waals surface area contributed by atoms with Gasteiger partial charge in [0.2, 0.25) is 10.0 Å². The average Bonchev–Trinajstić information content (AvgIpc) is 2.76. The van der Waals surface area contributed by atoms with E-state index < -0.39 is 35.4 Å². The highest BCUT2D eigenvalue weighted by molar-refractivity contribution is 7.91. The summed E-state index contributed by atoms with van der Waals surface area (Å²) >= 11 is 0. The van der Waals surface area contributed by atoms with Crippen LogP contribution in [0.1, 0.15) is 6.42 Å². The van der Waals surface area contributed by atoms with Crippen LogP contribution in [0.4, 0.5) is 5.69 Å². The van der Waals surface area contributed by atoms with Crippen molar-refractivity contribution in [3.8, 4) is 0 Å². The van der Waals surface area contributed by atoms with E-state index in [9.17, 15) is 26.9 Å². The highest BCUT2D eigenvalue weighted by Crippen LogP contribution is 2.23. The SMILES string of the molecule is O=[N+]([O-])c1ccccc1S(=O)(=O)NCC1CCS(=O)(=O)C1. The molecular formula is C11H14N2O6S2. The minimum atomic E-state index is -4.05. The Morgan fingerprint density at radius 3 is 2.57 bits per heavy atom. The molecule has 1 aliphatic rings. The van der Waals surface area contributed by atoms with Gasteiger partial charge >= 0.3 is 0 Å². The fourth-order valence-electron chi connectivity index (χ4n) is 2.17. The lowest BCUT2D eigenvalue weighted by atomic mass is 10.1. The Balaban J connectivity index is 2.15. The lowest BCUT2D eigenvalue weighted by molar-refractivity contribution is -0.387. The molecule has 0 aliphatic carbocycles. The molecule has 21 heavy (non-hydrogen) atoms. The van der Waals surface area contributed by atoms with Crippen LogP contribution in [0.25, 0.3) is 0 Å². The van der Waals surface area contributed by atoms with E-state index in [4.69, 9.17) is 0 Å². The Labute approximate surface area is 122 Å². The highest BCUT2D eigenvalue weighted by atomic mass is 32.2. The maximum absolute atomic E-state index is 12.1. The molecule has 8 nitrogen and oxygen atoms in total. The van der Waals surface area contributed by atoms with Gasteiger partial charge in [-0.2, -0.15) is 0 Å². The molecule has 116 valence electrons. The molecule has 0 spiro atoms. The van der Waals surface area contributed by atoms with Crippen molar-refractivity contribution in [2.75, 3.05) is 18.1 Å². The normalized spacial score (nSPS) is 21.2. The molecule has 1 aromatic carbocycles. The van der Waals surface area contributed by atoms with Crippen molar-refractivity contribution >= 4 is 25.5 Å². The molecule has 0 bridgehead atoms. The van der Waals surface area contributed by atoms with Crippen LogP contribution in [0.15, 0.2) is 29.2 Å². The molecule has 1 unspecified atom stereocenters. The van der Waals surface area contributed by atoms with Crippen LogP contribution in [0, 0.1) is 16.0 Å². The summed E-state index contributed by atoms with van der Waals surface area (Å²) in [6.07, 6.45) is 0.391. The minimum absolute atomic E-state index is 0.0465. The molecule has 10 heteroatoms. The molecule has 1 saturated heterocycles. The van der Waals surface area contributed by atoms with Crippen molar-refractivity contribution in [1.82, 2.24) is 4.72 Å². The zero-order valence-electron chi connectivity index (χ0n) is 10.9. The first-order valence-corrected chi connectivity index (χ1v) is 9.45. The largest absolute Gasteiger partial charge is 0.289 e. The number of sulfone groups is 1. The summed E-state index contributed by atoms with van der Waals surface area (Å²) < 4.78 is 49.1. The predicted molar refractivity (Wildman–Crippen MR) is 75.0 cm³/mol. The molecule has 0 saturated carbocycles. The Hall–Kier alpha value is -1.52. The summed E-state index contributed by atoms with van der Waals surface area (Å²) in [5, 5.41) is 10.8. The quantitative estimate of drug-likeness (QED) is 0.610. The van der Waals surface area contributed by atoms with Gasteiger partial charge in [0, 0.05) is 12.6 Å². The topological polar surface area (TPSA) is 123 Å². The number of nitrogens with one attached hydrogen (secondary N) is 1. The first-order chi connectivity index (χ1) is 9.71. The van der Waals surface area contributed by atoms with Crippen LogP contribution in [0.2, 0.25) is 0 Å². The van der Waals surface area contributed by atoms with Crippen molar-refractivity contribution in [1.29, 1.82) is 0 Å². The summed E-state index contributed by atoms with van der Waals surface area (Å²) in [6.45, 7) is -0.0480. The molecule has 1 aliphatic heterocycles. The molecule has 0 radical (unpaired) electrons. The molecule has 0 amide bonds. The standard InChI is InChI=1S/C11H14N2O6S2/c14-13(15)10-3-1-2-4-11(10)21(18,19)12-7-9-5-6-20(16,17)8-9/h1-4,9,12H,5-8H2. The number of nitro benzene ring substituents is 1. The van der Waals surface area contributed by atoms with Gasteiger partial charge < -0.3 is 0 Å². The average molecular weight is 334 g/mol. The summed E-state index contributed by atoms with van der Waals surface area (Å²) in [6, 6.07) is 5.02. The maximum atomic E-state index is 12.1. The molecule has 1 atom stereocenters. The third-order valence-corrected chi connectivity index (χ3v) is 6.55. The van der Waals surface area contributed by atoms with Gasteiger partial charge in [0.25, 0.3) is 5.69 Å². The third-order valence-electron chi connectivity index (χ3n) is 3.24. The number of para-hydroxylation sites is 1. The zero-order chi connectivity index (χ0) is 15.7. The van der Waals surface area contributed by atoms with Gasteiger partial charge in [0.1, 0.15) is 0 Å². The van der Waals surface area contributed by atoms with E-state index in [0.717, 1.165) is 12.1 Å². The second kappa shape index (κ2) is 5.70. The van der Waals surface area contributed by atoms with E-state index in [-0.39, 0.29) is 24.0 Å².